The van der Waals surface area contributed by atoms with Crippen LogP contribution >= 0.6 is 0 Å². The van der Waals surface area contributed by atoms with Gasteiger partial charge in [0, 0.05) is 13.1 Å². The van der Waals surface area contributed by atoms with Crippen LogP contribution in [-0.2, 0) is 9.59 Å². The van der Waals surface area contributed by atoms with Gasteiger partial charge in [0.25, 0.3) is 0 Å². The van der Waals surface area contributed by atoms with Crippen LogP contribution in [0.15, 0.2) is 12.2 Å². The Morgan fingerprint density at radius 3 is 2.06 bits per heavy atom. The van der Waals surface area contributed by atoms with E-state index < -0.39 is 11.9 Å². The highest BCUT2D eigenvalue weighted by atomic mass is 16.4. The van der Waals surface area contributed by atoms with Crippen molar-refractivity contribution in [2.45, 2.75) is 38.5 Å². The first-order valence-corrected chi connectivity index (χ1v) is 6.86. The van der Waals surface area contributed by atoms with Crippen LogP contribution in [-0.4, -0.2) is 35.0 Å². The van der Waals surface area contributed by atoms with Crippen molar-refractivity contribution in [3.8, 4) is 0 Å². The van der Waals surface area contributed by atoms with Crippen LogP contribution in [0.4, 0.5) is 0 Å². The van der Waals surface area contributed by atoms with E-state index in [2.05, 4.69) is 0 Å². The second kappa shape index (κ2) is 6.03. The Morgan fingerprint density at radius 2 is 1.50 bits per heavy atom. The van der Waals surface area contributed by atoms with Crippen molar-refractivity contribution in [1.29, 1.82) is 0 Å². The molecule has 0 spiro atoms. The Bertz CT molecular complexity index is 343. The molecule has 1 N–H and O–H groups in total. The number of carbonyl (C=O) groups excluding carboxylic acids is 1. The number of amides is 1. The largest absolute Gasteiger partial charge is 0.481 e. The first-order chi connectivity index (χ1) is 8.70. The van der Waals surface area contributed by atoms with Crippen LogP contribution in [0.5, 0.6) is 0 Å². The van der Waals surface area contributed by atoms with Crippen molar-refractivity contribution < 1.29 is 14.7 Å². The summed E-state index contributed by atoms with van der Waals surface area (Å²) in [4.78, 5) is 25.5. The van der Waals surface area contributed by atoms with Gasteiger partial charge in [-0.25, -0.2) is 0 Å². The van der Waals surface area contributed by atoms with E-state index in [1.165, 1.54) is 12.8 Å². The van der Waals surface area contributed by atoms with Gasteiger partial charge in [-0.1, -0.05) is 25.0 Å². The van der Waals surface area contributed by atoms with Gasteiger partial charge < -0.3 is 10.0 Å². The van der Waals surface area contributed by atoms with Gasteiger partial charge in [-0.15, -0.1) is 0 Å². The first kappa shape index (κ1) is 13.1. The molecule has 0 aromatic carbocycles. The van der Waals surface area contributed by atoms with E-state index in [4.69, 9.17) is 0 Å². The van der Waals surface area contributed by atoms with E-state index in [0.29, 0.717) is 12.8 Å². The molecule has 1 saturated heterocycles. The number of carboxylic acids is 1. The molecular weight excluding hydrogens is 230 g/mol. The number of nitrogens with zero attached hydrogens (tertiary/aromatic N) is 1. The molecule has 18 heavy (non-hydrogen) atoms. The smallest absolute Gasteiger partial charge is 0.307 e. The lowest BCUT2D eigenvalue weighted by atomic mass is 9.82. The summed E-state index contributed by atoms with van der Waals surface area (Å²) in [6.07, 6.45) is 9.34. The molecule has 2 atom stereocenters. The number of carboxylic acid groups (broad SMARTS) is 1. The SMILES string of the molecule is O=C(O)[C@H]1CC=CC[C@H]1C(=O)N1CCCCCC1. The van der Waals surface area contributed by atoms with E-state index >= 15 is 0 Å². The van der Waals surface area contributed by atoms with Gasteiger partial charge in [0.15, 0.2) is 0 Å². The molecular formula is C14H21NO3. The number of allylic oxidation sites excluding steroid dienone is 2. The zero-order valence-corrected chi connectivity index (χ0v) is 10.7. The highest BCUT2D eigenvalue weighted by Crippen LogP contribution is 2.28. The molecule has 1 amide bonds. The number of likely N-dealkylation sites (tertiary alicyclic amines) is 1. The molecule has 0 aromatic rings. The predicted octanol–water partition coefficient (Wildman–Crippen LogP) is 2.06. The van der Waals surface area contributed by atoms with E-state index in [1.807, 2.05) is 17.1 Å². The Kier molecular flexibility index (Phi) is 4.39. The minimum atomic E-state index is -0.840. The summed E-state index contributed by atoms with van der Waals surface area (Å²) in [6, 6.07) is 0. The zero-order valence-electron chi connectivity index (χ0n) is 10.7. The Hall–Kier alpha value is -1.32. The summed E-state index contributed by atoms with van der Waals surface area (Å²) in [7, 11) is 0. The van der Waals surface area contributed by atoms with Crippen LogP contribution in [0, 0.1) is 11.8 Å². The predicted molar refractivity (Wildman–Crippen MR) is 68.0 cm³/mol. The summed E-state index contributed by atoms with van der Waals surface area (Å²) in [5.74, 6) is -1.68. The topological polar surface area (TPSA) is 57.6 Å². The van der Waals surface area contributed by atoms with E-state index in [9.17, 15) is 14.7 Å². The fourth-order valence-electron chi connectivity index (χ4n) is 2.89. The zero-order chi connectivity index (χ0) is 13.0. The number of hydrogen-bond acceptors (Lipinski definition) is 2. The van der Waals surface area contributed by atoms with Crippen molar-refractivity contribution >= 4 is 11.9 Å². The third kappa shape index (κ3) is 2.92. The number of hydrogen-bond donors (Lipinski definition) is 1. The van der Waals surface area contributed by atoms with Crippen LogP contribution in [0.25, 0.3) is 0 Å². The van der Waals surface area contributed by atoms with Gasteiger partial charge in [0.2, 0.25) is 5.91 Å². The maximum atomic E-state index is 12.4. The van der Waals surface area contributed by atoms with Gasteiger partial charge in [0.1, 0.15) is 0 Å². The quantitative estimate of drug-likeness (QED) is 0.764. The second-order valence-electron chi connectivity index (χ2n) is 5.23. The number of carbonyl (C=O) groups is 2. The molecule has 1 aliphatic heterocycles. The third-order valence-corrected chi connectivity index (χ3v) is 3.98. The van der Waals surface area contributed by atoms with Crippen molar-refractivity contribution in [1.82, 2.24) is 4.90 Å². The van der Waals surface area contributed by atoms with Gasteiger partial charge in [0.05, 0.1) is 11.8 Å². The lowest BCUT2D eigenvalue weighted by molar-refractivity contribution is -0.150. The molecule has 1 aliphatic carbocycles. The lowest BCUT2D eigenvalue weighted by Gasteiger charge is -2.30. The fraction of sp³-hybridized carbons (Fsp3) is 0.714. The molecule has 4 nitrogen and oxygen atoms in total. The molecule has 100 valence electrons. The van der Waals surface area contributed by atoms with Gasteiger partial charge in [-0.3, -0.25) is 9.59 Å². The third-order valence-electron chi connectivity index (χ3n) is 3.98. The molecule has 4 heteroatoms. The summed E-state index contributed by atoms with van der Waals surface area (Å²) in [6.45, 7) is 1.59. The van der Waals surface area contributed by atoms with E-state index in [0.717, 1.165) is 25.9 Å². The standard InChI is InChI=1S/C14H21NO3/c16-13(15-9-5-1-2-6-10-15)11-7-3-4-8-12(11)14(17)18/h3-4,11-12H,1-2,5-10H2,(H,17,18)/t11-,12+/m1/s1. The van der Waals surface area contributed by atoms with Crippen LogP contribution < -0.4 is 0 Å². The van der Waals surface area contributed by atoms with Crippen molar-refractivity contribution in [2.24, 2.45) is 11.8 Å². The highest BCUT2D eigenvalue weighted by Gasteiger charge is 2.36. The van der Waals surface area contributed by atoms with Gasteiger partial charge in [-0.05, 0) is 25.7 Å². The Balaban J connectivity index is 2.05. The maximum Gasteiger partial charge on any atom is 0.307 e. The summed E-state index contributed by atoms with van der Waals surface area (Å²) < 4.78 is 0. The van der Waals surface area contributed by atoms with Gasteiger partial charge in [-0.2, -0.15) is 0 Å². The highest BCUT2D eigenvalue weighted by molar-refractivity contribution is 5.85. The molecule has 1 heterocycles. The van der Waals surface area contributed by atoms with Crippen molar-refractivity contribution in [3.63, 3.8) is 0 Å². The minimum absolute atomic E-state index is 0.0497. The maximum absolute atomic E-state index is 12.4. The molecule has 0 unspecified atom stereocenters. The Morgan fingerprint density at radius 1 is 0.944 bits per heavy atom. The van der Waals surface area contributed by atoms with Crippen LogP contribution in [0.2, 0.25) is 0 Å². The molecule has 0 saturated carbocycles. The minimum Gasteiger partial charge on any atom is -0.481 e. The molecule has 0 aromatic heterocycles. The summed E-state index contributed by atoms with van der Waals surface area (Å²) in [5, 5.41) is 9.21. The lowest BCUT2D eigenvalue weighted by Crippen LogP contribution is -2.42. The van der Waals surface area contributed by atoms with Gasteiger partial charge >= 0.3 is 5.97 Å². The normalized spacial score (nSPS) is 28.8. The fourth-order valence-corrected chi connectivity index (χ4v) is 2.89. The molecule has 0 bridgehead atoms. The van der Waals surface area contributed by atoms with Crippen molar-refractivity contribution in [2.75, 3.05) is 13.1 Å². The molecule has 2 rings (SSSR count). The summed E-state index contributed by atoms with van der Waals surface area (Å²) in [5.41, 5.74) is 0. The van der Waals surface area contributed by atoms with Crippen molar-refractivity contribution in [3.05, 3.63) is 12.2 Å². The average Bonchev–Trinajstić information content (AvgIpc) is 2.66. The number of rotatable bonds is 2. The molecule has 1 fully saturated rings. The summed E-state index contributed by atoms with van der Waals surface area (Å²) >= 11 is 0. The second-order valence-corrected chi connectivity index (χ2v) is 5.23. The Labute approximate surface area is 108 Å². The monoisotopic (exact) mass is 251 g/mol. The van der Waals surface area contributed by atoms with Crippen LogP contribution in [0.1, 0.15) is 38.5 Å². The van der Waals surface area contributed by atoms with Crippen LogP contribution in [0.3, 0.4) is 0 Å². The van der Waals surface area contributed by atoms with E-state index in [1.54, 1.807) is 0 Å². The average molecular weight is 251 g/mol. The molecule has 0 radical (unpaired) electrons. The number of aliphatic carboxylic acids is 1. The first-order valence-electron chi connectivity index (χ1n) is 6.86. The molecule has 2 aliphatic rings. The van der Waals surface area contributed by atoms with E-state index in [-0.39, 0.29) is 11.8 Å².